The van der Waals surface area contributed by atoms with Gasteiger partial charge >= 0.3 is 5.97 Å². The molecule has 5 nitrogen and oxygen atoms in total. The Morgan fingerprint density at radius 1 is 0.875 bits per heavy atom. The smallest absolute Gasteiger partial charge is 0.330 e. The van der Waals surface area contributed by atoms with Crippen molar-refractivity contribution in [2.45, 2.75) is 0 Å². The molecule has 0 bridgehead atoms. The second kappa shape index (κ2) is 10.4. The summed E-state index contributed by atoms with van der Waals surface area (Å²) in [5.41, 5.74) is 0. The number of carbonyl (C=O) groups is 1. The van der Waals surface area contributed by atoms with Gasteiger partial charge in [-0.3, -0.25) is 0 Å². The molecule has 0 N–H and O–H groups in total. The lowest BCUT2D eigenvalue weighted by Crippen LogP contribution is -2.13. The van der Waals surface area contributed by atoms with Crippen LogP contribution in [0, 0.1) is 0 Å². The van der Waals surface area contributed by atoms with E-state index in [9.17, 15) is 4.79 Å². The molecular formula is C19H22O5. The summed E-state index contributed by atoms with van der Waals surface area (Å²) in [6.07, 6.45) is 1.12. The maximum absolute atomic E-state index is 10.8. The summed E-state index contributed by atoms with van der Waals surface area (Å²) in [5.74, 6) is 0.414. The van der Waals surface area contributed by atoms with Crippen molar-refractivity contribution in [3.05, 3.63) is 55.1 Å². The van der Waals surface area contributed by atoms with Crippen LogP contribution >= 0.6 is 0 Å². The third-order valence-electron chi connectivity index (χ3n) is 3.25. The molecular weight excluding hydrogens is 308 g/mol. The summed E-state index contributed by atoms with van der Waals surface area (Å²) < 4.78 is 21.3. The van der Waals surface area contributed by atoms with Crippen molar-refractivity contribution in [2.75, 3.05) is 39.6 Å². The van der Waals surface area contributed by atoms with E-state index in [1.807, 2.05) is 30.3 Å². The maximum atomic E-state index is 10.8. The Labute approximate surface area is 141 Å². The maximum Gasteiger partial charge on any atom is 0.330 e. The zero-order valence-electron chi connectivity index (χ0n) is 13.6. The topological polar surface area (TPSA) is 54.0 Å². The Balaban J connectivity index is 1.54. The first-order valence-corrected chi connectivity index (χ1v) is 7.86. The van der Waals surface area contributed by atoms with Crippen molar-refractivity contribution in [2.24, 2.45) is 0 Å². The molecule has 0 unspecified atom stereocenters. The van der Waals surface area contributed by atoms with Crippen molar-refractivity contribution < 1.29 is 23.7 Å². The summed E-state index contributed by atoms with van der Waals surface area (Å²) in [5, 5.41) is 2.25. The van der Waals surface area contributed by atoms with Gasteiger partial charge in [0, 0.05) is 11.5 Å². The number of fused-ring (bicyclic) bond motifs is 1. The molecule has 0 saturated carbocycles. The first-order chi connectivity index (χ1) is 11.8. The summed E-state index contributed by atoms with van der Waals surface area (Å²) in [6.45, 7) is 5.74. The molecule has 0 saturated heterocycles. The fourth-order valence-electron chi connectivity index (χ4n) is 2.11. The number of carbonyl (C=O) groups excluding carboxylic acids is 1. The van der Waals surface area contributed by atoms with Gasteiger partial charge in [-0.2, -0.15) is 0 Å². The molecule has 0 radical (unpaired) electrons. The summed E-state index contributed by atoms with van der Waals surface area (Å²) in [7, 11) is 0. The van der Waals surface area contributed by atoms with Crippen LogP contribution in [0.5, 0.6) is 5.75 Å². The van der Waals surface area contributed by atoms with Crippen LogP contribution < -0.4 is 4.74 Å². The van der Waals surface area contributed by atoms with Crippen molar-refractivity contribution in [3.63, 3.8) is 0 Å². The second-order valence-corrected chi connectivity index (χ2v) is 4.92. The van der Waals surface area contributed by atoms with Gasteiger partial charge in [-0.25, -0.2) is 4.79 Å². The summed E-state index contributed by atoms with van der Waals surface area (Å²) >= 11 is 0. The van der Waals surface area contributed by atoms with E-state index in [4.69, 9.17) is 18.9 Å². The minimum atomic E-state index is -0.444. The Kier molecular flexibility index (Phi) is 7.80. The van der Waals surface area contributed by atoms with E-state index in [1.54, 1.807) is 0 Å². The van der Waals surface area contributed by atoms with Crippen molar-refractivity contribution in [1.29, 1.82) is 0 Å². The van der Waals surface area contributed by atoms with Crippen molar-refractivity contribution in [1.82, 2.24) is 0 Å². The molecule has 0 aliphatic carbocycles. The van der Waals surface area contributed by atoms with Crippen LogP contribution in [0.2, 0.25) is 0 Å². The Hall–Kier alpha value is -2.37. The zero-order valence-corrected chi connectivity index (χ0v) is 13.6. The summed E-state index contributed by atoms with van der Waals surface area (Å²) in [6, 6.07) is 14.1. The van der Waals surface area contributed by atoms with Crippen molar-refractivity contribution >= 4 is 16.7 Å². The lowest BCUT2D eigenvalue weighted by Gasteiger charge is -2.10. The van der Waals surface area contributed by atoms with Crippen LogP contribution in [-0.2, 0) is 19.0 Å². The Morgan fingerprint density at radius 3 is 2.33 bits per heavy atom. The number of hydrogen-bond acceptors (Lipinski definition) is 5. The SMILES string of the molecule is C=CC(=O)OCCOCCOCCOc1cccc2ccccc12. The predicted octanol–water partition coefficient (Wildman–Crippen LogP) is 2.98. The highest BCUT2D eigenvalue weighted by Crippen LogP contribution is 2.24. The second-order valence-electron chi connectivity index (χ2n) is 4.92. The zero-order chi connectivity index (χ0) is 17.0. The van der Waals surface area contributed by atoms with Crippen molar-refractivity contribution in [3.8, 4) is 5.75 Å². The minimum Gasteiger partial charge on any atom is -0.491 e. The highest BCUT2D eigenvalue weighted by molar-refractivity contribution is 5.88. The molecule has 128 valence electrons. The molecule has 0 aliphatic heterocycles. The van der Waals surface area contributed by atoms with Crippen LogP contribution in [-0.4, -0.2) is 45.6 Å². The van der Waals surface area contributed by atoms with E-state index < -0.39 is 5.97 Å². The fourth-order valence-corrected chi connectivity index (χ4v) is 2.11. The Bertz CT molecular complexity index is 648. The summed E-state index contributed by atoms with van der Waals surface area (Å²) in [4.78, 5) is 10.8. The first-order valence-electron chi connectivity index (χ1n) is 7.86. The number of esters is 1. The predicted molar refractivity (Wildman–Crippen MR) is 92.2 cm³/mol. The van der Waals surface area contributed by atoms with Crippen LogP contribution in [0.25, 0.3) is 10.8 Å². The third-order valence-corrected chi connectivity index (χ3v) is 3.25. The molecule has 0 amide bonds. The lowest BCUT2D eigenvalue weighted by molar-refractivity contribution is -0.139. The lowest BCUT2D eigenvalue weighted by atomic mass is 10.1. The van der Waals surface area contributed by atoms with Gasteiger partial charge in [-0.15, -0.1) is 0 Å². The molecule has 0 aromatic heterocycles. The first kappa shape index (κ1) is 18.0. The van der Waals surface area contributed by atoms with Gasteiger partial charge in [0.25, 0.3) is 0 Å². The average Bonchev–Trinajstić information content (AvgIpc) is 2.63. The van der Waals surface area contributed by atoms with E-state index in [0.29, 0.717) is 33.0 Å². The molecule has 0 aliphatic rings. The quantitative estimate of drug-likeness (QED) is 0.360. The molecule has 2 aromatic carbocycles. The van der Waals surface area contributed by atoms with E-state index in [2.05, 4.69) is 18.7 Å². The minimum absolute atomic E-state index is 0.217. The number of hydrogen-bond donors (Lipinski definition) is 0. The van der Waals surface area contributed by atoms with Gasteiger partial charge in [0.1, 0.15) is 19.0 Å². The molecule has 0 heterocycles. The van der Waals surface area contributed by atoms with Gasteiger partial charge < -0.3 is 18.9 Å². The number of benzene rings is 2. The fraction of sp³-hybridized carbons (Fsp3) is 0.316. The molecule has 0 atom stereocenters. The molecule has 24 heavy (non-hydrogen) atoms. The molecule has 5 heteroatoms. The van der Waals surface area contributed by atoms with Gasteiger partial charge in [-0.1, -0.05) is 43.0 Å². The molecule has 2 rings (SSSR count). The monoisotopic (exact) mass is 330 g/mol. The largest absolute Gasteiger partial charge is 0.491 e. The highest BCUT2D eigenvalue weighted by Gasteiger charge is 2.01. The molecule has 2 aromatic rings. The van der Waals surface area contributed by atoms with Crippen LogP contribution in [0.4, 0.5) is 0 Å². The van der Waals surface area contributed by atoms with E-state index in [-0.39, 0.29) is 6.61 Å². The Morgan fingerprint density at radius 2 is 1.54 bits per heavy atom. The highest BCUT2D eigenvalue weighted by atomic mass is 16.6. The molecule has 0 spiro atoms. The van der Waals surface area contributed by atoms with E-state index >= 15 is 0 Å². The van der Waals surface area contributed by atoms with Gasteiger partial charge in [-0.05, 0) is 11.5 Å². The number of rotatable bonds is 11. The third kappa shape index (κ3) is 6.02. The van der Waals surface area contributed by atoms with Gasteiger partial charge in [0.2, 0.25) is 0 Å². The van der Waals surface area contributed by atoms with Crippen LogP contribution in [0.3, 0.4) is 0 Å². The van der Waals surface area contributed by atoms with Crippen LogP contribution in [0.15, 0.2) is 55.1 Å². The normalized spacial score (nSPS) is 10.5. The van der Waals surface area contributed by atoms with E-state index in [1.165, 1.54) is 0 Å². The van der Waals surface area contributed by atoms with Gasteiger partial charge in [0.05, 0.1) is 26.4 Å². The average molecular weight is 330 g/mol. The van der Waals surface area contributed by atoms with Crippen LogP contribution in [0.1, 0.15) is 0 Å². The van der Waals surface area contributed by atoms with E-state index in [0.717, 1.165) is 22.6 Å². The standard InChI is InChI=1S/C19H22O5/c1-2-19(20)24-15-13-22-11-10-21-12-14-23-18-9-5-7-16-6-3-4-8-17(16)18/h2-9H,1,10-15H2. The van der Waals surface area contributed by atoms with Gasteiger partial charge in [0.15, 0.2) is 0 Å². The number of ether oxygens (including phenoxy) is 4. The molecule has 0 fully saturated rings.